The average molecular weight is 336 g/mol. The number of methoxy groups -OCH3 is 1. The monoisotopic (exact) mass is 336 g/mol. The van der Waals surface area contributed by atoms with Crippen LogP contribution in [0, 0.1) is 15.9 Å². The third-order valence-corrected chi connectivity index (χ3v) is 3.84. The van der Waals surface area contributed by atoms with Crippen molar-refractivity contribution in [2.75, 3.05) is 18.2 Å². The number of non-ortho nitro benzene ring substituents is 1. The molecule has 1 amide bonds. The number of hydrogen-bond acceptors (Lipinski definition) is 5. The van der Waals surface area contributed by atoms with Crippen LogP contribution in [0.25, 0.3) is 0 Å². The summed E-state index contributed by atoms with van der Waals surface area (Å²) in [6, 6.07) is 10.1. The molecule has 2 aromatic carbocycles. The highest BCUT2D eigenvalue weighted by molar-refractivity contribution is 8.00. The number of ether oxygens (including phenoxy) is 1. The number of nitro benzene ring substituents is 1. The summed E-state index contributed by atoms with van der Waals surface area (Å²) in [5.74, 6) is -0.484. The van der Waals surface area contributed by atoms with Gasteiger partial charge in [-0.05, 0) is 24.3 Å². The number of thioether (sulfide) groups is 1. The molecule has 0 heterocycles. The van der Waals surface area contributed by atoms with Crippen molar-refractivity contribution in [3.63, 3.8) is 0 Å². The van der Waals surface area contributed by atoms with Gasteiger partial charge in [0.25, 0.3) is 5.69 Å². The van der Waals surface area contributed by atoms with Crippen LogP contribution in [0.15, 0.2) is 47.4 Å². The zero-order chi connectivity index (χ0) is 16.8. The predicted molar refractivity (Wildman–Crippen MR) is 85.4 cm³/mol. The standard InChI is InChI=1S/C15H13FN2O4S/c1-22-11-3-2-4-12(8-11)23-9-15(19)17-14-7-10(18(20)21)5-6-13(14)16/h2-8H,9H2,1H3,(H,17,19). The van der Waals surface area contributed by atoms with Gasteiger partial charge < -0.3 is 10.1 Å². The smallest absolute Gasteiger partial charge is 0.271 e. The van der Waals surface area contributed by atoms with Crippen LogP contribution in [0.2, 0.25) is 0 Å². The second-order valence-electron chi connectivity index (χ2n) is 4.44. The molecular weight excluding hydrogens is 323 g/mol. The molecule has 2 rings (SSSR count). The lowest BCUT2D eigenvalue weighted by molar-refractivity contribution is -0.384. The van der Waals surface area contributed by atoms with Crippen molar-refractivity contribution in [3.05, 3.63) is 58.4 Å². The van der Waals surface area contributed by atoms with Crippen molar-refractivity contribution < 1.29 is 18.8 Å². The maximum Gasteiger partial charge on any atom is 0.271 e. The van der Waals surface area contributed by atoms with E-state index < -0.39 is 16.6 Å². The molecule has 0 aromatic heterocycles. The fraction of sp³-hybridized carbons (Fsp3) is 0.133. The van der Waals surface area contributed by atoms with Crippen LogP contribution in [0.3, 0.4) is 0 Å². The molecule has 2 aromatic rings. The fourth-order valence-corrected chi connectivity index (χ4v) is 2.49. The van der Waals surface area contributed by atoms with Gasteiger partial charge >= 0.3 is 0 Å². The highest BCUT2D eigenvalue weighted by Gasteiger charge is 2.13. The molecule has 0 unspecified atom stereocenters. The molecule has 8 heteroatoms. The number of nitrogens with one attached hydrogen (secondary N) is 1. The van der Waals surface area contributed by atoms with E-state index in [1.165, 1.54) is 11.8 Å². The average Bonchev–Trinajstić information content (AvgIpc) is 2.55. The number of carbonyl (C=O) groups is 1. The molecule has 0 saturated carbocycles. The number of halogens is 1. The summed E-state index contributed by atoms with van der Waals surface area (Å²) in [5.41, 5.74) is -0.502. The Labute approximate surface area is 135 Å². The minimum atomic E-state index is -0.727. The first kappa shape index (κ1) is 16.8. The largest absolute Gasteiger partial charge is 0.497 e. The molecule has 0 aliphatic heterocycles. The fourth-order valence-electron chi connectivity index (χ4n) is 1.75. The zero-order valence-electron chi connectivity index (χ0n) is 12.1. The summed E-state index contributed by atoms with van der Waals surface area (Å²) in [6.07, 6.45) is 0. The number of nitro groups is 1. The Balaban J connectivity index is 1.99. The molecule has 0 fully saturated rings. The van der Waals surface area contributed by atoms with Crippen molar-refractivity contribution in [1.29, 1.82) is 0 Å². The number of nitrogens with zero attached hydrogens (tertiary/aromatic N) is 1. The van der Waals surface area contributed by atoms with E-state index >= 15 is 0 Å². The molecule has 0 bridgehead atoms. The van der Waals surface area contributed by atoms with E-state index in [1.54, 1.807) is 25.3 Å². The van der Waals surface area contributed by atoms with Crippen molar-refractivity contribution in [1.82, 2.24) is 0 Å². The second-order valence-corrected chi connectivity index (χ2v) is 5.49. The van der Waals surface area contributed by atoms with Gasteiger partial charge in [-0.2, -0.15) is 0 Å². The Hall–Kier alpha value is -2.61. The quantitative estimate of drug-likeness (QED) is 0.496. The number of benzene rings is 2. The number of amides is 1. The van der Waals surface area contributed by atoms with E-state index in [1.807, 2.05) is 6.07 Å². The van der Waals surface area contributed by atoms with Crippen molar-refractivity contribution in [3.8, 4) is 5.75 Å². The van der Waals surface area contributed by atoms with Gasteiger partial charge in [-0.3, -0.25) is 14.9 Å². The van der Waals surface area contributed by atoms with Gasteiger partial charge in [0.05, 0.1) is 23.5 Å². The Bertz CT molecular complexity index is 739. The molecule has 23 heavy (non-hydrogen) atoms. The first-order valence-corrected chi connectivity index (χ1v) is 7.49. The molecule has 0 aliphatic rings. The Kier molecular flexibility index (Phi) is 5.53. The van der Waals surface area contributed by atoms with E-state index in [0.29, 0.717) is 5.75 Å². The molecule has 0 radical (unpaired) electrons. The number of rotatable bonds is 6. The van der Waals surface area contributed by atoms with Gasteiger partial charge in [0.2, 0.25) is 5.91 Å². The van der Waals surface area contributed by atoms with Crippen molar-refractivity contribution >= 4 is 29.0 Å². The van der Waals surface area contributed by atoms with Gasteiger partial charge in [-0.15, -0.1) is 11.8 Å². The molecule has 0 aliphatic carbocycles. The summed E-state index contributed by atoms with van der Waals surface area (Å²) < 4.78 is 18.7. The van der Waals surface area contributed by atoms with Crippen LogP contribution in [0.1, 0.15) is 0 Å². The molecule has 0 saturated heterocycles. The molecule has 0 spiro atoms. The molecular formula is C15H13FN2O4S. The first-order chi connectivity index (χ1) is 11.0. The van der Waals surface area contributed by atoms with Crippen molar-refractivity contribution in [2.24, 2.45) is 0 Å². The topological polar surface area (TPSA) is 81.5 Å². The van der Waals surface area contributed by atoms with Gasteiger partial charge in [-0.1, -0.05) is 6.07 Å². The van der Waals surface area contributed by atoms with Crippen LogP contribution in [-0.4, -0.2) is 23.7 Å². The minimum absolute atomic E-state index is 0.0370. The second kappa shape index (κ2) is 7.59. The van der Waals surface area contributed by atoms with E-state index in [0.717, 1.165) is 23.1 Å². The van der Waals surface area contributed by atoms with Crippen LogP contribution in [0.4, 0.5) is 15.8 Å². The highest BCUT2D eigenvalue weighted by Crippen LogP contribution is 2.24. The van der Waals surface area contributed by atoms with Crippen LogP contribution >= 0.6 is 11.8 Å². The summed E-state index contributed by atoms with van der Waals surface area (Å²) in [7, 11) is 1.54. The highest BCUT2D eigenvalue weighted by atomic mass is 32.2. The molecule has 120 valence electrons. The summed E-state index contributed by atoms with van der Waals surface area (Å²) in [5, 5.41) is 13.0. The van der Waals surface area contributed by atoms with E-state index in [4.69, 9.17) is 4.74 Å². The first-order valence-electron chi connectivity index (χ1n) is 6.50. The number of anilines is 1. The van der Waals surface area contributed by atoms with Gasteiger partial charge in [0.1, 0.15) is 11.6 Å². The molecule has 6 nitrogen and oxygen atoms in total. The molecule has 0 atom stereocenters. The Morgan fingerprint density at radius 2 is 2.13 bits per heavy atom. The third-order valence-electron chi connectivity index (χ3n) is 2.85. The van der Waals surface area contributed by atoms with E-state index in [2.05, 4.69) is 5.32 Å². The lowest BCUT2D eigenvalue weighted by Crippen LogP contribution is -2.15. The van der Waals surface area contributed by atoms with Gasteiger partial charge in [0.15, 0.2) is 0 Å². The van der Waals surface area contributed by atoms with Crippen LogP contribution < -0.4 is 10.1 Å². The summed E-state index contributed by atoms with van der Waals surface area (Å²) in [6.45, 7) is 0. The maximum absolute atomic E-state index is 13.6. The number of carbonyl (C=O) groups excluding carboxylic acids is 1. The third kappa shape index (κ3) is 4.68. The summed E-state index contributed by atoms with van der Waals surface area (Å²) >= 11 is 1.25. The zero-order valence-corrected chi connectivity index (χ0v) is 12.9. The van der Waals surface area contributed by atoms with Crippen LogP contribution in [-0.2, 0) is 4.79 Å². The SMILES string of the molecule is COc1cccc(SCC(=O)Nc2cc([N+](=O)[O-])ccc2F)c1. The van der Waals surface area contributed by atoms with Gasteiger partial charge in [0, 0.05) is 17.0 Å². The lowest BCUT2D eigenvalue weighted by atomic mass is 10.2. The maximum atomic E-state index is 13.6. The van der Waals surface area contributed by atoms with E-state index in [9.17, 15) is 19.3 Å². The molecule has 1 N–H and O–H groups in total. The van der Waals surface area contributed by atoms with Crippen LogP contribution in [0.5, 0.6) is 5.75 Å². The van der Waals surface area contributed by atoms with Gasteiger partial charge in [-0.25, -0.2) is 4.39 Å². The Morgan fingerprint density at radius 1 is 1.35 bits per heavy atom. The van der Waals surface area contributed by atoms with E-state index in [-0.39, 0.29) is 17.1 Å². The predicted octanol–water partition coefficient (Wildman–Crippen LogP) is 3.47. The normalized spacial score (nSPS) is 10.2. The minimum Gasteiger partial charge on any atom is -0.497 e. The number of hydrogen-bond donors (Lipinski definition) is 1. The summed E-state index contributed by atoms with van der Waals surface area (Å²) in [4.78, 5) is 22.7. The Morgan fingerprint density at radius 3 is 2.83 bits per heavy atom. The lowest BCUT2D eigenvalue weighted by Gasteiger charge is -2.07. The van der Waals surface area contributed by atoms with Crippen molar-refractivity contribution in [2.45, 2.75) is 4.90 Å².